The Morgan fingerprint density at radius 2 is 2.00 bits per heavy atom. The number of anilines is 1. The number of nitrogen functional groups attached to an aromatic ring is 1. The smallest absolute Gasteiger partial charge is 0.132 e. The maximum absolute atomic E-state index is 6.14. The zero-order valence-electron chi connectivity index (χ0n) is 10.0. The Labute approximate surface area is 116 Å². The zero-order chi connectivity index (χ0) is 13.0. The standard InChI is InChI=1S/C14H14ClNOS/c1-17-13-4-2-3-5-14(13)18-9-10-6-7-11(16)8-12(10)15/h2-8H,9,16H2,1H3. The molecule has 94 valence electrons. The zero-order valence-corrected chi connectivity index (χ0v) is 11.6. The van der Waals surface area contributed by atoms with Crippen LogP contribution in [-0.4, -0.2) is 7.11 Å². The van der Waals surface area contributed by atoms with Crippen molar-refractivity contribution in [3.8, 4) is 5.75 Å². The molecular weight excluding hydrogens is 266 g/mol. The molecule has 0 aromatic heterocycles. The van der Waals surface area contributed by atoms with Crippen LogP contribution in [0.25, 0.3) is 0 Å². The summed E-state index contributed by atoms with van der Waals surface area (Å²) in [5.41, 5.74) is 7.43. The van der Waals surface area contributed by atoms with Crippen molar-refractivity contribution >= 4 is 29.1 Å². The lowest BCUT2D eigenvalue weighted by Gasteiger charge is -2.08. The molecule has 0 atom stereocenters. The van der Waals surface area contributed by atoms with Crippen molar-refractivity contribution in [1.82, 2.24) is 0 Å². The van der Waals surface area contributed by atoms with Crippen molar-refractivity contribution in [3.63, 3.8) is 0 Å². The Morgan fingerprint density at radius 3 is 2.72 bits per heavy atom. The first-order valence-corrected chi connectivity index (χ1v) is 6.87. The molecule has 2 aromatic rings. The number of hydrogen-bond donors (Lipinski definition) is 1. The molecule has 0 bridgehead atoms. The number of rotatable bonds is 4. The molecule has 0 unspecified atom stereocenters. The molecule has 0 fully saturated rings. The lowest BCUT2D eigenvalue weighted by Crippen LogP contribution is -1.89. The van der Waals surface area contributed by atoms with Crippen LogP contribution in [0.15, 0.2) is 47.4 Å². The molecule has 0 aliphatic rings. The van der Waals surface area contributed by atoms with Gasteiger partial charge in [0, 0.05) is 21.4 Å². The lowest BCUT2D eigenvalue weighted by atomic mass is 10.2. The quantitative estimate of drug-likeness (QED) is 0.672. The van der Waals surface area contributed by atoms with Crippen LogP contribution < -0.4 is 10.5 Å². The summed E-state index contributed by atoms with van der Waals surface area (Å²) in [7, 11) is 1.68. The van der Waals surface area contributed by atoms with Gasteiger partial charge in [0.2, 0.25) is 0 Å². The molecule has 0 aliphatic heterocycles. The van der Waals surface area contributed by atoms with E-state index in [1.165, 1.54) is 0 Å². The second kappa shape index (κ2) is 6.03. The Kier molecular flexibility index (Phi) is 4.39. The van der Waals surface area contributed by atoms with E-state index in [0.29, 0.717) is 10.7 Å². The summed E-state index contributed by atoms with van der Waals surface area (Å²) in [6.45, 7) is 0. The number of para-hydroxylation sites is 1. The normalized spacial score (nSPS) is 10.3. The van der Waals surface area contributed by atoms with Gasteiger partial charge in [-0.1, -0.05) is 29.8 Å². The number of thioether (sulfide) groups is 1. The van der Waals surface area contributed by atoms with Gasteiger partial charge in [-0.15, -0.1) is 11.8 Å². The summed E-state index contributed by atoms with van der Waals surface area (Å²) >= 11 is 7.84. The third-order valence-electron chi connectivity index (χ3n) is 2.53. The van der Waals surface area contributed by atoms with Crippen molar-refractivity contribution in [2.45, 2.75) is 10.6 Å². The minimum absolute atomic E-state index is 0.686. The van der Waals surface area contributed by atoms with E-state index in [4.69, 9.17) is 22.1 Å². The molecular formula is C14H14ClNOS. The van der Waals surface area contributed by atoms with E-state index >= 15 is 0 Å². The molecule has 2 aromatic carbocycles. The summed E-state index contributed by atoms with van der Waals surface area (Å²) in [4.78, 5) is 1.10. The van der Waals surface area contributed by atoms with Crippen molar-refractivity contribution in [3.05, 3.63) is 53.1 Å². The molecule has 2 nitrogen and oxygen atoms in total. The second-order valence-electron chi connectivity index (χ2n) is 3.79. The fraction of sp³-hybridized carbons (Fsp3) is 0.143. The van der Waals surface area contributed by atoms with Crippen LogP contribution in [0.3, 0.4) is 0 Å². The minimum Gasteiger partial charge on any atom is -0.496 e. The molecule has 18 heavy (non-hydrogen) atoms. The molecule has 2 rings (SSSR count). The molecule has 4 heteroatoms. The number of methoxy groups -OCH3 is 1. The van der Waals surface area contributed by atoms with Gasteiger partial charge in [0.05, 0.1) is 7.11 Å². The van der Waals surface area contributed by atoms with E-state index in [1.807, 2.05) is 36.4 Å². The summed E-state index contributed by atoms with van der Waals surface area (Å²) in [5.74, 6) is 1.67. The molecule has 0 saturated carbocycles. The lowest BCUT2D eigenvalue weighted by molar-refractivity contribution is 0.405. The summed E-state index contributed by atoms with van der Waals surface area (Å²) in [5, 5.41) is 0.706. The number of ether oxygens (including phenoxy) is 1. The van der Waals surface area contributed by atoms with E-state index in [1.54, 1.807) is 24.9 Å². The maximum Gasteiger partial charge on any atom is 0.132 e. The van der Waals surface area contributed by atoms with Gasteiger partial charge < -0.3 is 10.5 Å². The first kappa shape index (κ1) is 13.1. The average Bonchev–Trinajstić information content (AvgIpc) is 2.38. The first-order chi connectivity index (χ1) is 8.70. The van der Waals surface area contributed by atoms with Crippen molar-refractivity contribution in [1.29, 1.82) is 0 Å². The highest BCUT2D eigenvalue weighted by Crippen LogP contribution is 2.33. The monoisotopic (exact) mass is 279 g/mol. The van der Waals surface area contributed by atoms with Gasteiger partial charge in [-0.25, -0.2) is 0 Å². The van der Waals surface area contributed by atoms with Crippen LogP contribution >= 0.6 is 23.4 Å². The van der Waals surface area contributed by atoms with Gasteiger partial charge in [0.25, 0.3) is 0 Å². The highest BCUT2D eigenvalue weighted by molar-refractivity contribution is 7.98. The Balaban J connectivity index is 2.11. The predicted octanol–water partition coefficient (Wildman–Crippen LogP) is 4.22. The van der Waals surface area contributed by atoms with Gasteiger partial charge in [-0.05, 0) is 29.8 Å². The Morgan fingerprint density at radius 1 is 1.22 bits per heavy atom. The van der Waals surface area contributed by atoms with Gasteiger partial charge in [0.1, 0.15) is 5.75 Å². The fourth-order valence-corrected chi connectivity index (χ4v) is 2.94. The van der Waals surface area contributed by atoms with Crippen LogP contribution in [0.5, 0.6) is 5.75 Å². The van der Waals surface area contributed by atoms with Gasteiger partial charge in [-0.3, -0.25) is 0 Å². The second-order valence-corrected chi connectivity index (χ2v) is 5.21. The van der Waals surface area contributed by atoms with Gasteiger partial charge >= 0.3 is 0 Å². The number of hydrogen-bond acceptors (Lipinski definition) is 3. The van der Waals surface area contributed by atoms with Crippen LogP contribution in [0, 0.1) is 0 Å². The number of nitrogens with two attached hydrogens (primary N) is 1. The van der Waals surface area contributed by atoms with Crippen LogP contribution in [-0.2, 0) is 5.75 Å². The molecule has 0 spiro atoms. The largest absolute Gasteiger partial charge is 0.496 e. The van der Waals surface area contributed by atoms with Crippen molar-refractivity contribution in [2.75, 3.05) is 12.8 Å². The Hall–Kier alpha value is -1.32. The van der Waals surface area contributed by atoms with Crippen LogP contribution in [0.2, 0.25) is 5.02 Å². The van der Waals surface area contributed by atoms with Crippen molar-refractivity contribution in [2.24, 2.45) is 0 Å². The van der Waals surface area contributed by atoms with Gasteiger partial charge in [-0.2, -0.15) is 0 Å². The maximum atomic E-state index is 6.14. The van der Waals surface area contributed by atoms with E-state index in [2.05, 4.69) is 0 Å². The van der Waals surface area contributed by atoms with Crippen molar-refractivity contribution < 1.29 is 4.74 Å². The van der Waals surface area contributed by atoms with Crippen LogP contribution in [0.4, 0.5) is 5.69 Å². The predicted molar refractivity (Wildman–Crippen MR) is 78.4 cm³/mol. The SMILES string of the molecule is COc1ccccc1SCc1ccc(N)cc1Cl. The molecule has 0 amide bonds. The third kappa shape index (κ3) is 3.12. The molecule has 0 saturated heterocycles. The van der Waals surface area contributed by atoms with E-state index in [-0.39, 0.29) is 0 Å². The topological polar surface area (TPSA) is 35.2 Å². The number of halogens is 1. The Bertz CT molecular complexity index is 545. The molecule has 0 heterocycles. The van der Waals surface area contributed by atoms with E-state index < -0.39 is 0 Å². The molecule has 0 aliphatic carbocycles. The summed E-state index contributed by atoms with van der Waals surface area (Å²) in [6.07, 6.45) is 0. The summed E-state index contributed by atoms with van der Waals surface area (Å²) in [6, 6.07) is 13.5. The highest BCUT2D eigenvalue weighted by atomic mass is 35.5. The summed E-state index contributed by atoms with van der Waals surface area (Å²) < 4.78 is 5.31. The van der Waals surface area contributed by atoms with E-state index in [9.17, 15) is 0 Å². The minimum atomic E-state index is 0.686. The number of benzene rings is 2. The van der Waals surface area contributed by atoms with E-state index in [0.717, 1.165) is 22.0 Å². The molecule has 2 N–H and O–H groups in total. The highest BCUT2D eigenvalue weighted by Gasteiger charge is 2.05. The van der Waals surface area contributed by atoms with Crippen LogP contribution in [0.1, 0.15) is 5.56 Å². The third-order valence-corrected chi connectivity index (χ3v) is 3.98. The average molecular weight is 280 g/mol. The first-order valence-electron chi connectivity index (χ1n) is 5.50. The molecule has 0 radical (unpaired) electrons. The fourth-order valence-electron chi connectivity index (χ4n) is 1.57. The van der Waals surface area contributed by atoms with Gasteiger partial charge in [0.15, 0.2) is 0 Å².